The Labute approximate surface area is 117 Å². The van der Waals surface area contributed by atoms with Gasteiger partial charge in [0.15, 0.2) is 17.3 Å². The third-order valence-corrected chi connectivity index (χ3v) is 3.90. The van der Waals surface area contributed by atoms with Crippen molar-refractivity contribution in [2.75, 3.05) is 12.0 Å². The summed E-state index contributed by atoms with van der Waals surface area (Å²) in [7, 11) is 1.84. The molecule has 1 aliphatic rings. The first-order valence-electron chi connectivity index (χ1n) is 7.01. The molecule has 0 atom stereocenters. The predicted octanol–water partition coefficient (Wildman–Crippen LogP) is 1.36. The van der Waals surface area contributed by atoms with Crippen LogP contribution >= 0.6 is 0 Å². The van der Waals surface area contributed by atoms with E-state index in [9.17, 15) is 0 Å². The third kappa shape index (κ3) is 2.59. The molecule has 2 aromatic heterocycles. The van der Waals surface area contributed by atoms with Gasteiger partial charge < -0.3 is 10.2 Å². The fourth-order valence-corrected chi connectivity index (χ4v) is 2.44. The van der Waals surface area contributed by atoms with Gasteiger partial charge in [-0.3, -0.25) is 4.68 Å². The lowest BCUT2D eigenvalue weighted by molar-refractivity contribution is 0.0909. The maximum Gasteiger partial charge on any atom is 0.163 e. The van der Waals surface area contributed by atoms with Gasteiger partial charge in [0, 0.05) is 13.7 Å². The summed E-state index contributed by atoms with van der Waals surface area (Å²) in [5, 5.41) is 4.97. The van der Waals surface area contributed by atoms with Crippen molar-refractivity contribution in [2.45, 2.75) is 32.3 Å². The van der Waals surface area contributed by atoms with E-state index in [1.807, 2.05) is 7.05 Å². The number of rotatable bonds is 6. The van der Waals surface area contributed by atoms with Crippen molar-refractivity contribution in [3.63, 3.8) is 0 Å². The Balaban J connectivity index is 1.65. The average Bonchev–Trinajstić information content (AvgIpc) is 2.77. The van der Waals surface area contributed by atoms with Crippen molar-refractivity contribution in [3.05, 3.63) is 12.0 Å². The molecule has 0 unspecified atom stereocenters. The highest BCUT2D eigenvalue weighted by atomic mass is 16.5. The van der Waals surface area contributed by atoms with Gasteiger partial charge in [0.05, 0.1) is 11.6 Å². The molecular weight excluding hydrogens is 256 g/mol. The topological polar surface area (TPSA) is 90.9 Å². The van der Waals surface area contributed by atoms with Crippen LogP contribution in [0.25, 0.3) is 11.0 Å². The molecule has 1 aliphatic carbocycles. The minimum absolute atomic E-state index is 0.405. The summed E-state index contributed by atoms with van der Waals surface area (Å²) >= 11 is 0. The van der Waals surface area contributed by atoms with E-state index in [-0.39, 0.29) is 0 Å². The minimum atomic E-state index is 0.405. The normalized spacial score (nSPS) is 15.5. The fraction of sp³-hybridized carbons (Fsp3) is 0.615. The van der Waals surface area contributed by atoms with Gasteiger partial charge in [0.1, 0.15) is 6.61 Å². The first-order chi connectivity index (χ1) is 9.78. The first kappa shape index (κ1) is 13.3. The second kappa shape index (κ2) is 5.72. The third-order valence-electron chi connectivity index (χ3n) is 3.90. The van der Waals surface area contributed by atoms with Crippen LogP contribution in [0.15, 0.2) is 6.20 Å². The van der Waals surface area contributed by atoms with Crippen molar-refractivity contribution in [3.8, 4) is 0 Å². The van der Waals surface area contributed by atoms with Crippen LogP contribution in [0, 0.1) is 5.92 Å². The van der Waals surface area contributed by atoms with E-state index in [1.54, 1.807) is 10.9 Å². The highest BCUT2D eigenvalue weighted by Crippen LogP contribution is 2.29. The number of nitrogens with zero attached hydrogens (tertiary/aromatic N) is 4. The summed E-state index contributed by atoms with van der Waals surface area (Å²) in [5.41, 5.74) is 3.35. The van der Waals surface area contributed by atoms with Gasteiger partial charge in [-0.05, 0) is 12.3 Å². The number of ether oxygens (including phenoxy) is 1. The first-order valence-corrected chi connectivity index (χ1v) is 7.01. The minimum Gasteiger partial charge on any atom is -0.373 e. The standard InChI is InChI=1S/C13H20N6O/c1-19-13-10(7-15-19)12(18-14)16-11(17-13)8-20-6-5-9-3-2-4-9/h7,9H,2-6,8,14H2,1H3,(H,16,17,18). The summed E-state index contributed by atoms with van der Waals surface area (Å²) in [5.74, 6) is 7.57. The SMILES string of the molecule is Cn1ncc2c(NN)nc(COCCC3CCC3)nc21. The molecule has 2 heterocycles. The van der Waals surface area contributed by atoms with Gasteiger partial charge >= 0.3 is 0 Å². The summed E-state index contributed by atoms with van der Waals surface area (Å²) < 4.78 is 7.37. The van der Waals surface area contributed by atoms with Crippen LogP contribution in [0.4, 0.5) is 5.82 Å². The van der Waals surface area contributed by atoms with Crippen LogP contribution in [0.2, 0.25) is 0 Å². The summed E-state index contributed by atoms with van der Waals surface area (Å²) in [6.07, 6.45) is 6.91. The maximum atomic E-state index is 5.67. The molecular formula is C13H20N6O. The van der Waals surface area contributed by atoms with Gasteiger partial charge in [-0.25, -0.2) is 15.8 Å². The zero-order chi connectivity index (χ0) is 13.9. The van der Waals surface area contributed by atoms with Gasteiger partial charge in [0.25, 0.3) is 0 Å². The molecule has 20 heavy (non-hydrogen) atoms. The summed E-state index contributed by atoms with van der Waals surface area (Å²) in [6, 6.07) is 0. The number of hydrogen-bond acceptors (Lipinski definition) is 6. The lowest BCUT2D eigenvalue weighted by Gasteiger charge is -2.24. The smallest absolute Gasteiger partial charge is 0.163 e. The molecule has 1 saturated carbocycles. The molecule has 0 saturated heterocycles. The molecule has 2 aromatic rings. The Hall–Kier alpha value is -1.73. The Bertz CT molecular complexity index is 592. The number of nitrogens with one attached hydrogen (secondary N) is 1. The largest absolute Gasteiger partial charge is 0.373 e. The molecule has 0 aliphatic heterocycles. The van der Waals surface area contributed by atoms with Crippen molar-refractivity contribution < 1.29 is 4.74 Å². The average molecular weight is 276 g/mol. The molecule has 0 bridgehead atoms. The molecule has 0 aromatic carbocycles. The van der Waals surface area contributed by atoms with Crippen LogP contribution in [0.5, 0.6) is 0 Å². The number of hydrogen-bond donors (Lipinski definition) is 2. The van der Waals surface area contributed by atoms with E-state index in [2.05, 4.69) is 20.5 Å². The second-order valence-electron chi connectivity index (χ2n) is 5.28. The second-order valence-corrected chi connectivity index (χ2v) is 5.28. The van der Waals surface area contributed by atoms with Gasteiger partial charge in [0.2, 0.25) is 0 Å². The zero-order valence-electron chi connectivity index (χ0n) is 11.7. The Kier molecular flexibility index (Phi) is 3.79. The molecule has 3 N–H and O–H groups in total. The van der Waals surface area contributed by atoms with E-state index < -0.39 is 0 Å². The molecule has 7 nitrogen and oxygen atoms in total. The fourth-order valence-electron chi connectivity index (χ4n) is 2.44. The zero-order valence-corrected chi connectivity index (χ0v) is 11.7. The monoisotopic (exact) mass is 276 g/mol. The Morgan fingerprint density at radius 3 is 3.00 bits per heavy atom. The molecule has 0 amide bonds. The molecule has 0 radical (unpaired) electrons. The van der Waals surface area contributed by atoms with Crippen LogP contribution in [0.3, 0.4) is 0 Å². The quantitative estimate of drug-likeness (QED) is 0.470. The summed E-state index contributed by atoms with van der Waals surface area (Å²) in [4.78, 5) is 8.82. The molecule has 1 fully saturated rings. The van der Waals surface area contributed by atoms with Crippen molar-refractivity contribution in [1.82, 2.24) is 19.7 Å². The Morgan fingerprint density at radius 2 is 2.30 bits per heavy atom. The highest BCUT2D eigenvalue weighted by molar-refractivity contribution is 5.86. The number of aromatic nitrogens is 4. The van der Waals surface area contributed by atoms with E-state index in [4.69, 9.17) is 10.6 Å². The number of anilines is 1. The lowest BCUT2D eigenvalue weighted by atomic mass is 9.83. The van der Waals surface area contributed by atoms with Crippen molar-refractivity contribution in [1.29, 1.82) is 0 Å². The highest BCUT2D eigenvalue weighted by Gasteiger charge is 2.17. The Morgan fingerprint density at radius 1 is 1.45 bits per heavy atom. The van der Waals surface area contributed by atoms with E-state index in [0.717, 1.165) is 30.0 Å². The molecule has 0 spiro atoms. The summed E-state index contributed by atoms with van der Waals surface area (Å²) in [6.45, 7) is 1.17. The van der Waals surface area contributed by atoms with Gasteiger partial charge in [-0.2, -0.15) is 5.10 Å². The number of fused-ring (bicyclic) bond motifs is 1. The lowest BCUT2D eigenvalue weighted by Crippen LogP contribution is -2.14. The van der Waals surface area contributed by atoms with Crippen LogP contribution in [0.1, 0.15) is 31.5 Å². The van der Waals surface area contributed by atoms with Crippen LogP contribution in [-0.2, 0) is 18.4 Å². The molecule has 7 heteroatoms. The van der Waals surface area contributed by atoms with E-state index >= 15 is 0 Å². The number of aryl methyl sites for hydroxylation is 1. The predicted molar refractivity (Wildman–Crippen MR) is 75.7 cm³/mol. The molecule has 3 rings (SSSR count). The number of hydrazine groups is 1. The van der Waals surface area contributed by atoms with Crippen molar-refractivity contribution in [2.24, 2.45) is 18.8 Å². The number of nitrogens with two attached hydrogens (primary N) is 1. The van der Waals surface area contributed by atoms with Gasteiger partial charge in [-0.1, -0.05) is 19.3 Å². The van der Waals surface area contributed by atoms with Crippen molar-refractivity contribution >= 4 is 16.9 Å². The van der Waals surface area contributed by atoms with Crippen LogP contribution < -0.4 is 11.3 Å². The number of nitrogen functional groups attached to an aromatic ring is 1. The molecule has 108 valence electrons. The van der Waals surface area contributed by atoms with E-state index in [0.29, 0.717) is 18.2 Å². The van der Waals surface area contributed by atoms with Crippen LogP contribution in [-0.4, -0.2) is 26.4 Å². The van der Waals surface area contributed by atoms with E-state index in [1.165, 1.54) is 19.3 Å². The van der Waals surface area contributed by atoms with Gasteiger partial charge in [-0.15, -0.1) is 0 Å². The maximum absolute atomic E-state index is 5.67.